The van der Waals surface area contributed by atoms with Crippen LogP contribution in [0.15, 0.2) is 90.2 Å². The number of hydrogen-bond acceptors (Lipinski definition) is 7. The molecular weight excluding hydrogens is 512 g/mol. The van der Waals surface area contributed by atoms with Gasteiger partial charge in [-0.1, -0.05) is 61.5 Å². The molecule has 39 heavy (non-hydrogen) atoms. The van der Waals surface area contributed by atoms with Crippen LogP contribution in [-0.4, -0.2) is 27.8 Å². The molecule has 4 aromatic rings. The van der Waals surface area contributed by atoms with Crippen molar-refractivity contribution in [2.75, 3.05) is 4.90 Å². The average Bonchev–Trinajstić information content (AvgIpc) is 3.46. The summed E-state index contributed by atoms with van der Waals surface area (Å²) in [5.41, 5.74) is 3.45. The van der Waals surface area contributed by atoms with Gasteiger partial charge in [0.1, 0.15) is 10.8 Å². The highest BCUT2D eigenvalue weighted by molar-refractivity contribution is 7.17. The summed E-state index contributed by atoms with van der Waals surface area (Å²) in [6, 6.07) is 22.6. The molecule has 2 heterocycles. The van der Waals surface area contributed by atoms with Gasteiger partial charge in [0.05, 0.1) is 22.2 Å². The van der Waals surface area contributed by atoms with Gasteiger partial charge in [0, 0.05) is 18.2 Å². The maximum atomic E-state index is 14.1. The summed E-state index contributed by atoms with van der Waals surface area (Å²) in [5, 5.41) is 11.8. The lowest BCUT2D eigenvalue weighted by molar-refractivity contribution is -0.131. The van der Waals surface area contributed by atoms with E-state index in [1.54, 1.807) is 43.3 Å². The van der Waals surface area contributed by atoms with Gasteiger partial charge in [0.15, 0.2) is 5.76 Å². The van der Waals surface area contributed by atoms with Crippen LogP contribution in [0.5, 0.6) is 5.75 Å². The lowest BCUT2D eigenvalue weighted by Crippen LogP contribution is -2.31. The van der Waals surface area contributed by atoms with Gasteiger partial charge in [-0.3, -0.25) is 19.3 Å². The van der Waals surface area contributed by atoms with E-state index >= 15 is 0 Å². The molecule has 1 amide bonds. The van der Waals surface area contributed by atoms with E-state index in [-0.39, 0.29) is 11.3 Å². The molecule has 1 aliphatic rings. The van der Waals surface area contributed by atoms with Crippen molar-refractivity contribution in [3.8, 4) is 16.3 Å². The van der Waals surface area contributed by atoms with E-state index in [2.05, 4.69) is 4.98 Å². The zero-order chi connectivity index (χ0) is 27.7. The second-order valence-corrected chi connectivity index (χ2v) is 10.2. The van der Waals surface area contributed by atoms with Crippen molar-refractivity contribution in [3.05, 3.63) is 112 Å². The molecule has 1 aromatic heterocycles. The number of carbonyl (C=O) groups is 3. The first kappa shape index (κ1) is 26.1. The lowest BCUT2D eigenvalue weighted by atomic mass is 9.94. The summed E-state index contributed by atoms with van der Waals surface area (Å²) in [7, 11) is 0. The minimum Gasteiger partial charge on any atom is -0.503 e. The Morgan fingerprint density at radius 1 is 1.03 bits per heavy atom. The fraction of sp³-hybridized carbons (Fsp3) is 0.161. The number of aliphatic hydroxyl groups excluding tert-OH is 1. The number of benzene rings is 3. The van der Waals surface area contributed by atoms with E-state index in [1.807, 2.05) is 49.4 Å². The molecule has 0 aliphatic carbocycles. The van der Waals surface area contributed by atoms with Gasteiger partial charge < -0.3 is 9.84 Å². The fourth-order valence-electron chi connectivity index (χ4n) is 4.66. The van der Waals surface area contributed by atoms with E-state index in [1.165, 1.54) is 23.2 Å². The number of esters is 1. The minimum absolute atomic E-state index is 0.0501. The molecule has 0 saturated heterocycles. The summed E-state index contributed by atoms with van der Waals surface area (Å²) in [6.45, 7) is 5.07. The number of aliphatic hydroxyl groups is 1. The number of anilines is 1. The Morgan fingerprint density at radius 2 is 1.74 bits per heavy atom. The number of ether oxygens (including phenoxy) is 1. The molecule has 1 unspecified atom stereocenters. The van der Waals surface area contributed by atoms with E-state index in [0.29, 0.717) is 26.8 Å². The molecule has 8 heteroatoms. The molecule has 0 radical (unpaired) electrons. The van der Waals surface area contributed by atoms with Gasteiger partial charge in [-0.25, -0.2) is 4.98 Å². The zero-order valence-electron chi connectivity index (χ0n) is 21.7. The largest absolute Gasteiger partial charge is 0.503 e. The molecule has 0 saturated carbocycles. The van der Waals surface area contributed by atoms with Gasteiger partial charge in [0.2, 0.25) is 5.78 Å². The van der Waals surface area contributed by atoms with E-state index in [4.69, 9.17) is 4.74 Å². The van der Waals surface area contributed by atoms with Crippen LogP contribution < -0.4 is 9.64 Å². The van der Waals surface area contributed by atoms with Crippen molar-refractivity contribution in [1.82, 2.24) is 4.98 Å². The highest BCUT2D eigenvalue weighted by Crippen LogP contribution is 2.44. The van der Waals surface area contributed by atoms with Crippen molar-refractivity contribution in [2.45, 2.75) is 33.2 Å². The first-order chi connectivity index (χ1) is 18.8. The molecule has 0 fully saturated rings. The molecule has 1 N–H and O–H groups in total. The lowest BCUT2D eigenvalue weighted by Gasteiger charge is -2.27. The molecular formula is C31H26N2O5S. The number of amides is 1. The molecule has 1 atom stereocenters. The first-order valence-corrected chi connectivity index (χ1v) is 13.3. The van der Waals surface area contributed by atoms with Crippen LogP contribution in [0.25, 0.3) is 10.6 Å². The number of Topliss-reactive ketones (excluding diaryl/α,β-unsaturated/α-hetero) is 1. The highest BCUT2D eigenvalue weighted by atomic mass is 32.1. The maximum Gasteiger partial charge on any atom is 0.308 e. The summed E-state index contributed by atoms with van der Waals surface area (Å²) in [6.07, 6.45) is 0.823. The third kappa shape index (κ3) is 4.98. The predicted octanol–water partition coefficient (Wildman–Crippen LogP) is 6.39. The quantitative estimate of drug-likeness (QED) is 0.166. The van der Waals surface area contributed by atoms with Gasteiger partial charge >= 0.3 is 5.97 Å². The van der Waals surface area contributed by atoms with Crippen LogP contribution in [0.2, 0.25) is 0 Å². The summed E-state index contributed by atoms with van der Waals surface area (Å²) >= 11 is 1.22. The molecule has 1 aliphatic heterocycles. The van der Waals surface area contributed by atoms with Crippen LogP contribution in [-0.2, 0) is 16.0 Å². The molecule has 0 spiro atoms. The van der Waals surface area contributed by atoms with Crippen LogP contribution in [0.1, 0.15) is 46.4 Å². The second kappa shape index (κ2) is 10.7. The van der Waals surface area contributed by atoms with Gasteiger partial charge in [-0.05, 0) is 48.7 Å². The SMILES string of the molecule is CCc1ccc(N2C(=O)C(O)=C(C(=O)c3sc(-c4ccccc4)nc3C)C2c2cccc(OC(C)=O)c2)cc1. The molecule has 196 valence electrons. The second-order valence-electron chi connectivity index (χ2n) is 9.15. The van der Waals surface area contributed by atoms with Crippen LogP contribution in [0.4, 0.5) is 5.69 Å². The normalized spacial score (nSPS) is 15.1. The number of nitrogens with zero attached hydrogens (tertiary/aromatic N) is 2. The van der Waals surface area contributed by atoms with Crippen molar-refractivity contribution >= 4 is 34.7 Å². The van der Waals surface area contributed by atoms with Crippen LogP contribution in [0.3, 0.4) is 0 Å². The Hall–Kier alpha value is -4.56. The van der Waals surface area contributed by atoms with Crippen LogP contribution >= 0.6 is 11.3 Å². The Kier molecular flexibility index (Phi) is 7.13. The summed E-state index contributed by atoms with van der Waals surface area (Å²) in [4.78, 5) is 45.6. The fourth-order valence-corrected chi connectivity index (χ4v) is 5.68. The summed E-state index contributed by atoms with van der Waals surface area (Å²) < 4.78 is 5.28. The Bertz CT molecular complexity index is 1610. The Morgan fingerprint density at radius 3 is 2.41 bits per heavy atom. The van der Waals surface area contributed by atoms with Crippen molar-refractivity contribution in [1.29, 1.82) is 0 Å². The average molecular weight is 539 g/mol. The van der Waals surface area contributed by atoms with Gasteiger partial charge in [-0.2, -0.15) is 0 Å². The maximum absolute atomic E-state index is 14.1. The van der Waals surface area contributed by atoms with Crippen molar-refractivity contribution < 1.29 is 24.2 Å². The number of thiazole rings is 1. The number of aryl methyl sites for hydroxylation is 2. The van der Waals surface area contributed by atoms with Crippen molar-refractivity contribution in [3.63, 3.8) is 0 Å². The molecule has 7 nitrogen and oxygen atoms in total. The Balaban J connectivity index is 1.63. The van der Waals surface area contributed by atoms with E-state index in [9.17, 15) is 19.5 Å². The first-order valence-electron chi connectivity index (χ1n) is 12.5. The number of ketones is 1. The minimum atomic E-state index is -0.949. The van der Waals surface area contributed by atoms with E-state index < -0.39 is 29.5 Å². The molecule has 0 bridgehead atoms. The molecule has 3 aromatic carbocycles. The number of carbonyl (C=O) groups excluding carboxylic acids is 3. The Labute approximate surface area is 230 Å². The number of hydrogen-bond donors (Lipinski definition) is 1. The van der Waals surface area contributed by atoms with Gasteiger partial charge in [0.25, 0.3) is 5.91 Å². The topological polar surface area (TPSA) is 96.8 Å². The third-order valence-electron chi connectivity index (χ3n) is 6.53. The van der Waals surface area contributed by atoms with Gasteiger partial charge in [-0.15, -0.1) is 11.3 Å². The highest BCUT2D eigenvalue weighted by Gasteiger charge is 2.45. The molecule has 5 rings (SSSR count). The van der Waals surface area contributed by atoms with Crippen LogP contribution in [0, 0.1) is 6.92 Å². The smallest absolute Gasteiger partial charge is 0.308 e. The third-order valence-corrected chi connectivity index (χ3v) is 7.74. The summed E-state index contributed by atoms with van der Waals surface area (Å²) in [5.74, 6) is -2.00. The van der Waals surface area contributed by atoms with Crippen molar-refractivity contribution in [2.24, 2.45) is 0 Å². The monoisotopic (exact) mass is 538 g/mol. The standard InChI is InChI=1S/C31H26N2O5S/c1-4-20-13-15-23(16-14-20)33-26(22-11-8-12-24(17-22)38-19(3)34)25(28(36)31(33)37)27(35)29-18(2)32-30(39-29)21-9-6-5-7-10-21/h5-17,26,36H,4H2,1-3H3. The van der Waals surface area contributed by atoms with E-state index in [0.717, 1.165) is 17.5 Å². The zero-order valence-corrected chi connectivity index (χ0v) is 22.5. The predicted molar refractivity (Wildman–Crippen MR) is 150 cm³/mol. The number of aromatic nitrogens is 1. The number of rotatable bonds is 7.